The number of carbonyl (C=O) groups excluding carboxylic acids is 1. The Morgan fingerprint density at radius 3 is 2.36 bits per heavy atom. The van der Waals surface area contributed by atoms with Crippen LogP contribution >= 0.6 is 0 Å². The molecule has 0 spiro atoms. The van der Waals surface area contributed by atoms with E-state index in [0.717, 1.165) is 5.56 Å². The van der Waals surface area contributed by atoms with E-state index in [0.29, 0.717) is 33.7 Å². The molecule has 170 valence electrons. The van der Waals surface area contributed by atoms with Crippen LogP contribution in [-0.4, -0.2) is 28.1 Å². The smallest absolute Gasteiger partial charge is 0.342 e. The molecule has 0 amide bonds. The van der Waals surface area contributed by atoms with Gasteiger partial charge in [0.2, 0.25) is 0 Å². The number of rotatable bonds is 7. The maximum absolute atomic E-state index is 13.0. The summed E-state index contributed by atoms with van der Waals surface area (Å²) in [6, 6.07) is 18.6. The summed E-state index contributed by atoms with van der Waals surface area (Å²) in [7, 11) is -2.36. The lowest BCUT2D eigenvalue weighted by molar-refractivity contribution is 0.0528. The first-order valence-electron chi connectivity index (χ1n) is 10.3. The molecule has 0 aliphatic heterocycles. The molecule has 0 aliphatic carbocycles. The Morgan fingerprint density at radius 1 is 1.03 bits per heavy atom. The molecule has 0 saturated heterocycles. The molecule has 3 aromatic carbocycles. The van der Waals surface area contributed by atoms with Crippen molar-refractivity contribution in [3.05, 3.63) is 77.9 Å². The molecule has 0 bridgehead atoms. The zero-order valence-electron chi connectivity index (χ0n) is 18.4. The van der Waals surface area contributed by atoms with Crippen molar-refractivity contribution in [3.63, 3.8) is 0 Å². The molecule has 0 radical (unpaired) electrons. The van der Waals surface area contributed by atoms with Crippen molar-refractivity contribution in [1.29, 1.82) is 0 Å². The van der Waals surface area contributed by atoms with E-state index < -0.39 is 16.0 Å². The van der Waals surface area contributed by atoms with E-state index in [-0.39, 0.29) is 17.1 Å². The number of furan rings is 1. The van der Waals surface area contributed by atoms with E-state index in [9.17, 15) is 13.2 Å². The standard InChI is InChI=1S/C25H23NO6S/c1-4-31-25(27)23-20-15-21(26-33(28,29)19-12-10-18(30-3)11-13-19)16(2)14-22(20)32-24(23)17-8-6-5-7-9-17/h5-15,26H,4H2,1-3H3. The third kappa shape index (κ3) is 4.42. The Morgan fingerprint density at radius 2 is 1.73 bits per heavy atom. The van der Waals surface area contributed by atoms with Crippen LogP contribution in [0.3, 0.4) is 0 Å². The summed E-state index contributed by atoms with van der Waals surface area (Å²) in [6.45, 7) is 3.68. The van der Waals surface area contributed by atoms with E-state index in [1.54, 1.807) is 38.1 Å². The largest absolute Gasteiger partial charge is 0.497 e. The van der Waals surface area contributed by atoms with Crippen molar-refractivity contribution < 1.29 is 27.1 Å². The van der Waals surface area contributed by atoms with E-state index >= 15 is 0 Å². The Hall–Kier alpha value is -3.78. The summed E-state index contributed by atoms with van der Waals surface area (Å²) in [6.07, 6.45) is 0. The van der Waals surface area contributed by atoms with Crippen molar-refractivity contribution >= 4 is 32.6 Å². The molecule has 7 nitrogen and oxygen atoms in total. The number of hydrogen-bond acceptors (Lipinski definition) is 6. The van der Waals surface area contributed by atoms with Gasteiger partial charge >= 0.3 is 5.97 Å². The minimum Gasteiger partial charge on any atom is -0.497 e. The number of carbonyl (C=O) groups is 1. The molecule has 8 heteroatoms. The van der Waals surface area contributed by atoms with Gasteiger partial charge in [-0.15, -0.1) is 0 Å². The maximum Gasteiger partial charge on any atom is 0.342 e. The van der Waals surface area contributed by atoms with Gasteiger partial charge in [0.15, 0.2) is 0 Å². The molecule has 33 heavy (non-hydrogen) atoms. The van der Waals surface area contributed by atoms with Gasteiger partial charge in [-0.25, -0.2) is 13.2 Å². The fourth-order valence-corrected chi connectivity index (χ4v) is 4.63. The van der Waals surface area contributed by atoms with Crippen LogP contribution in [-0.2, 0) is 14.8 Å². The Labute approximate surface area is 192 Å². The summed E-state index contributed by atoms with van der Waals surface area (Å²) in [5.74, 6) is 0.388. The highest BCUT2D eigenvalue weighted by atomic mass is 32.2. The van der Waals surface area contributed by atoms with Gasteiger partial charge in [0, 0.05) is 10.9 Å². The molecule has 0 atom stereocenters. The van der Waals surface area contributed by atoms with Crippen molar-refractivity contribution in [2.45, 2.75) is 18.7 Å². The van der Waals surface area contributed by atoms with Crippen LogP contribution in [0.25, 0.3) is 22.3 Å². The molecular formula is C25H23NO6S. The quantitative estimate of drug-likeness (QED) is 0.368. The number of fused-ring (bicyclic) bond motifs is 1. The van der Waals surface area contributed by atoms with Gasteiger partial charge in [0.25, 0.3) is 10.0 Å². The van der Waals surface area contributed by atoms with Crippen LogP contribution in [0.2, 0.25) is 0 Å². The Bertz CT molecular complexity index is 1410. The highest BCUT2D eigenvalue weighted by Gasteiger charge is 2.25. The van der Waals surface area contributed by atoms with Crippen LogP contribution in [0.1, 0.15) is 22.8 Å². The highest BCUT2D eigenvalue weighted by molar-refractivity contribution is 7.92. The first kappa shape index (κ1) is 22.4. The fourth-order valence-electron chi connectivity index (χ4n) is 3.51. The SMILES string of the molecule is CCOC(=O)c1c(-c2ccccc2)oc2cc(C)c(NS(=O)(=O)c3ccc(OC)cc3)cc12. The average molecular weight is 466 g/mol. The summed E-state index contributed by atoms with van der Waals surface area (Å²) in [5, 5.41) is 0.463. The topological polar surface area (TPSA) is 94.8 Å². The third-order valence-electron chi connectivity index (χ3n) is 5.16. The lowest BCUT2D eigenvalue weighted by Crippen LogP contribution is -2.14. The van der Waals surface area contributed by atoms with Crippen LogP contribution in [0, 0.1) is 6.92 Å². The van der Waals surface area contributed by atoms with Crippen LogP contribution in [0.5, 0.6) is 5.75 Å². The fraction of sp³-hybridized carbons (Fsp3) is 0.160. The molecule has 1 heterocycles. The number of methoxy groups -OCH3 is 1. The van der Waals surface area contributed by atoms with Gasteiger partial charge in [-0.05, 0) is 55.8 Å². The van der Waals surface area contributed by atoms with E-state index in [2.05, 4.69) is 4.72 Å². The average Bonchev–Trinajstić information content (AvgIpc) is 3.18. The molecule has 0 saturated carbocycles. The number of ether oxygens (including phenoxy) is 2. The van der Waals surface area contributed by atoms with Gasteiger partial charge in [0.1, 0.15) is 22.7 Å². The van der Waals surface area contributed by atoms with Crippen LogP contribution in [0.15, 0.2) is 76.0 Å². The van der Waals surface area contributed by atoms with Gasteiger partial charge in [-0.1, -0.05) is 30.3 Å². The van der Waals surface area contributed by atoms with Crippen LogP contribution < -0.4 is 9.46 Å². The highest BCUT2D eigenvalue weighted by Crippen LogP contribution is 2.37. The predicted molar refractivity (Wildman–Crippen MR) is 126 cm³/mol. The summed E-state index contributed by atoms with van der Waals surface area (Å²) >= 11 is 0. The molecule has 0 fully saturated rings. The van der Waals surface area contributed by atoms with E-state index in [1.165, 1.54) is 19.2 Å². The number of hydrogen-bond donors (Lipinski definition) is 1. The first-order valence-corrected chi connectivity index (χ1v) is 11.8. The zero-order valence-corrected chi connectivity index (χ0v) is 19.2. The molecule has 4 rings (SSSR count). The van der Waals surface area contributed by atoms with E-state index in [4.69, 9.17) is 13.9 Å². The van der Waals surface area contributed by atoms with Crippen molar-refractivity contribution in [2.75, 3.05) is 18.4 Å². The molecular weight excluding hydrogens is 442 g/mol. The lowest BCUT2D eigenvalue weighted by Gasteiger charge is -2.11. The Kier molecular flexibility index (Phi) is 6.11. The van der Waals surface area contributed by atoms with Gasteiger partial charge in [0.05, 0.1) is 24.3 Å². The summed E-state index contributed by atoms with van der Waals surface area (Å²) < 4.78 is 45.0. The summed E-state index contributed by atoms with van der Waals surface area (Å²) in [5.41, 5.74) is 2.41. The first-order chi connectivity index (χ1) is 15.8. The molecule has 1 N–H and O–H groups in total. The number of aryl methyl sites for hydroxylation is 1. The van der Waals surface area contributed by atoms with Gasteiger partial charge < -0.3 is 13.9 Å². The second-order valence-electron chi connectivity index (χ2n) is 7.34. The minimum absolute atomic E-state index is 0.0885. The van der Waals surface area contributed by atoms with Crippen LogP contribution in [0.4, 0.5) is 5.69 Å². The Balaban J connectivity index is 1.82. The van der Waals surface area contributed by atoms with Crippen molar-refractivity contribution in [3.8, 4) is 17.1 Å². The number of benzene rings is 3. The predicted octanol–water partition coefficient (Wildman–Crippen LogP) is 5.39. The number of sulfonamides is 1. The van der Waals surface area contributed by atoms with Gasteiger partial charge in [-0.2, -0.15) is 0 Å². The molecule has 0 unspecified atom stereocenters. The number of esters is 1. The normalized spacial score (nSPS) is 11.4. The second kappa shape index (κ2) is 8.99. The van der Waals surface area contributed by atoms with Crippen molar-refractivity contribution in [1.82, 2.24) is 0 Å². The number of nitrogens with one attached hydrogen (secondary N) is 1. The number of anilines is 1. The monoisotopic (exact) mass is 465 g/mol. The van der Waals surface area contributed by atoms with E-state index in [1.807, 2.05) is 30.3 Å². The summed E-state index contributed by atoms with van der Waals surface area (Å²) in [4.78, 5) is 12.9. The van der Waals surface area contributed by atoms with Crippen molar-refractivity contribution in [2.24, 2.45) is 0 Å². The maximum atomic E-state index is 13.0. The molecule has 1 aromatic heterocycles. The van der Waals surface area contributed by atoms with Gasteiger partial charge in [-0.3, -0.25) is 4.72 Å². The third-order valence-corrected chi connectivity index (χ3v) is 6.55. The minimum atomic E-state index is -3.87. The second-order valence-corrected chi connectivity index (χ2v) is 9.02. The zero-order chi connectivity index (χ0) is 23.6. The lowest BCUT2D eigenvalue weighted by atomic mass is 10.0. The molecule has 0 aliphatic rings. The molecule has 4 aromatic rings.